The lowest BCUT2D eigenvalue weighted by molar-refractivity contribution is -0.191. The van der Waals surface area contributed by atoms with Crippen LogP contribution in [-0.2, 0) is 11.3 Å². The predicted octanol–water partition coefficient (Wildman–Crippen LogP) is 4.04. The number of nitrogens with one attached hydrogen (secondary N) is 1. The zero-order chi connectivity index (χ0) is 21.7. The van der Waals surface area contributed by atoms with Crippen molar-refractivity contribution in [2.75, 3.05) is 0 Å². The average molecular weight is 410 g/mol. The van der Waals surface area contributed by atoms with Gasteiger partial charge in [0.15, 0.2) is 6.23 Å². The van der Waals surface area contributed by atoms with Crippen LogP contribution in [-0.4, -0.2) is 34.1 Å². The van der Waals surface area contributed by atoms with E-state index in [0.29, 0.717) is 25.1 Å². The number of carbonyl (C=O) groups is 3. The number of β-lactam (4-membered cyclic amide) rings is 1. The zero-order valence-corrected chi connectivity index (χ0v) is 17.1. The molecule has 30 heavy (non-hydrogen) atoms. The second-order valence-electron chi connectivity index (χ2n) is 7.38. The van der Waals surface area contributed by atoms with Crippen molar-refractivity contribution in [3.05, 3.63) is 65.7 Å². The van der Waals surface area contributed by atoms with E-state index in [1.165, 1.54) is 12.1 Å². The maximum atomic E-state index is 13.0. The predicted molar refractivity (Wildman–Crippen MR) is 111 cm³/mol. The van der Waals surface area contributed by atoms with Gasteiger partial charge in [0, 0.05) is 6.54 Å². The molecule has 0 unspecified atom stereocenters. The first-order valence-corrected chi connectivity index (χ1v) is 10.1. The maximum absolute atomic E-state index is 13.0. The fourth-order valence-electron chi connectivity index (χ4n) is 3.84. The fraction of sp³-hybridized carbons (Fsp3) is 0.348. The molecule has 2 aromatic carbocycles. The zero-order valence-electron chi connectivity index (χ0n) is 17.1. The van der Waals surface area contributed by atoms with Crippen molar-refractivity contribution >= 4 is 17.9 Å². The molecule has 0 radical (unpaired) electrons. The molecule has 2 aromatic rings. The monoisotopic (exact) mass is 410 g/mol. The average Bonchev–Trinajstić information content (AvgIpc) is 2.76. The lowest BCUT2D eigenvalue weighted by Crippen LogP contribution is -2.73. The first kappa shape index (κ1) is 21.4. The first-order valence-electron chi connectivity index (χ1n) is 10.1. The first-order chi connectivity index (χ1) is 14.4. The summed E-state index contributed by atoms with van der Waals surface area (Å²) in [6.45, 7) is 4.20. The van der Waals surface area contributed by atoms with Gasteiger partial charge in [0.25, 0.3) is 0 Å². The van der Waals surface area contributed by atoms with Gasteiger partial charge in [0.1, 0.15) is 11.2 Å². The SMILES string of the molecule is CCC[C@]1(CC)C(=O)N(C(=O)NCc2ccccc2)[C@H]1Oc1ccc(C(=O)O)cc1. The van der Waals surface area contributed by atoms with Crippen molar-refractivity contribution in [2.45, 2.75) is 45.9 Å². The Morgan fingerprint density at radius 2 is 1.77 bits per heavy atom. The summed E-state index contributed by atoms with van der Waals surface area (Å²) in [5, 5.41) is 11.8. The Bertz CT molecular complexity index is 913. The Labute approximate surface area is 175 Å². The fourth-order valence-corrected chi connectivity index (χ4v) is 3.84. The summed E-state index contributed by atoms with van der Waals surface area (Å²) < 4.78 is 6.05. The van der Waals surface area contributed by atoms with Gasteiger partial charge in [-0.1, -0.05) is 50.6 Å². The van der Waals surface area contributed by atoms with E-state index in [9.17, 15) is 14.4 Å². The lowest BCUT2D eigenvalue weighted by atomic mass is 9.70. The number of nitrogens with zero attached hydrogens (tertiary/aromatic N) is 1. The Morgan fingerprint density at radius 1 is 1.10 bits per heavy atom. The minimum absolute atomic E-state index is 0.139. The van der Waals surface area contributed by atoms with Gasteiger partial charge in [-0.05, 0) is 42.7 Å². The molecule has 0 spiro atoms. The Balaban J connectivity index is 1.79. The number of carbonyl (C=O) groups excluding carboxylic acids is 2. The molecule has 3 rings (SSSR count). The summed E-state index contributed by atoms with van der Waals surface area (Å²) in [5.41, 5.74) is 0.292. The van der Waals surface area contributed by atoms with Gasteiger partial charge in [-0.2, -0.15) is 0 Å². The number of aromatic carboxylic acids is 1. The minimum atomic E-state index is -1.03. The van der Waals surface area contributed by atoms with Gasteiger partial charge < -0.3 is 15.2 Å². The van der Waals surface area contributed by atoms with Crippen molar-refractivity contribution in [3.8, 4) is 5.75 Å². The number of imide groups is 1. The number of hydrogen-bond acceptors (Lipinski definition) is 4. The van der Waals surface area contributed by atoms with Crippen LogP contribution in [0.15, 0.2) is 54.6 Å². The molecule has 7 heteroatoms. The summed E-state index contributed by atoms with van der Waals surface area (Å²) in [6, 6.07) is 14.9. The number of benzene rings is 2. The number of rotatable bonds is 8. The van der Waals surface area contributed by atoms with E-state index in [4.69, 9.17) is 9.84 Å². The summed E-state index contributed by atoms with van der Waals surface area (Å²) >= 11 is 0. The molecule has 1 fully saturated rings. The van der Waals surface area contributed by atoms with Crippen LogP contribution < -0.4 is 10.1 Å². The van der Waals surface area contributed by atoms with Gasteiger partial charge in [-0.15, -0.1) is 0 Å². The van der Waals surface area contributed by atoms with E-state index in [2.05, 4.69) is 5.32 Å². The number of likely N-dealkylation sites (tertiary alicyclic amines) is 1. The van der Waals surface area contributed by atoms with Crippen LogP contribution in [0.5, 0.6) is 5.75 Å². The van der Waals surface area contributed by atoms with Gasteiger partial charge in [0.05, 0.1) is 5.56 Å². The third-order valence-electron chi connectivity index (χ3n) is 5.53. The largest absolute Gasteiger partial charge is 0.478 e. The molecule has 0 saturated carbocycles. The Morgan fingerprint density at radius 3 is 2.33 bits per heavy atom. The van der Waals surface area contributed by atoms with E-state index in [1.54, 1.807) is 12.1 Å². The van der Waals surface area contributed by atoms with Crippen LogP contribution in [0.4, 0.5) is 4.79 Å². The van der Waals surface area contributed by atoms with Crippen molar-refractivity contribution in [3.63, 3.8) is 0 Å². The molecule has 1 aliphatic rings. The molecule has 2 N–H and O–H groups in total. The van der Waals surface area contributed by atoms with Crippen LogP contribution in [0.2, 0.25) is 0 Å². The Hall–Kier alpha value is -3.35. The molecule has 1 heterocycles. The highest BCUT2D eigenvalue weighted by Crippen LogP contribution is 2.46. The highest BCUT2D eigenvalue weighted by molar-refractivity contribution is 6.03. The highest BCUT2D eigenvalue weighted by Gasteiger charge is 2.63. The molecular weight excluding hydrogens is 384 g/mol. The molecule has 3 amide bonds. The van der Waals surface area contributed by atoms with Gasteiger partial charge in [-0.3, -0.25) is 4.79 Å². The third kappa shape index (κ3) is 4.01. The van der Waals surface area contributed by atoms with Crippen LogP contribution >= 0.6 is 0 Å². The molecular formula is C23H26N2O5. The smallest absolute Gasteiger partial charge is 0.335 e. The van der Waals surface area contributed by atoms with Crippen LogP contribution in [0, 0.1) is 5.41 Å². The van der Waals surface area contributed by atoms with Crippen LogP contribution in [0.1, 0.15) is 49.0 Å². The van der Waals surface area contributed by atoms with E-state index < -0.39 is 23.6 Å². The topological polar surface area (TPSA) is 95.9 Å². The highest BCUT2D eigenvalue weighted by atomic mass is 16.5. The number of urea groups is 1. The molecule has 2 atom stereocenters. The summed E-state index contributed by atoms with van der Waals surface area (Å²) in [7, 11) is 0. The summed E-state index contributed by atoms with van der Waals surface area (Å²) in [6.07, 6.45) is 1.17. The number of hydrogen-bond donors (Lipinski definition) is 2. The van der Waals surface area contributed by atoms with Gasteiger partial charge in [0.2, 0.25) is 5.91 Å². The summed E-state index contributed by atoms with van der Waals surface area (Å²) in [4.78, 5) is 38.0. The van der Waals surface area contributed by atoms with E-state index in [0.717, 1.165) is 16.9 Å². The van der Waals surface area contributed by atoms with Crippen molar-refractivity contribution in [1.29, 1.82) is 0 Å². The van der Waals surface area contributed by atoms with Gasteiger partial charge in [-0.25, -0.2) is 14.5 Å². The Kier molecular flexibility index (Phi) is 6.40. The van der Waals surface area contributed by atoms with E-state index in [1.807, 2.05) is 44.2 Å². The standard InChI is InChI=1S/C23H26N2O5/c1-3-14-23(4-2)20(28)25(22(29)24-15-16-8-6-5-7-9-16)21(23)30-18-12-10-17(11-13-18)19(26)27/h5-13,21H,3-4,14-15H2,1-2H3,(H,24,29)(H,26,27)/t21-,23+/m0/s1. The molecule has 0 aliphatic carbocycles. The molecule has 1 aliphatic heterocycles. The quantitative estimate of drug-likeness (QED) is 0.641. The normalized spacial score (nSPS) is 20.4. The second kappa shape index (κ2) is 8.98. The number of amides is 3. The molecule has 0 aromatic heterocycles. The van der Waals surface area contributed by atoms with Crippen LogP contribution in [0.25, 0.3) is 0 Å². The number of carboxylic acids is 1. The van der Waals surface area contributed by atoms with E-state index in [-0.39, 0.29) is 11.5 Å². The molecule has 7 nitrogen and oxygen atoms in total. The van der Waals surface area contributed by atoms with Crippen molar-refractivity contribution < 1.29 is 24.2 Å². The van der Waals surface area contributed by atoms with E-state index >= 15 is 0 Å². The number of carboxylic acid groups (broad SMARTS) is 1. The van der Waals surface area contributed by atoms with Crippen molar-refractivity contribution in [2.24, 2.45) is 5.41 Å². The minimum Gasteiger partial charge on any atom is -0.478 e. The molecule has 1 saturated heterocycles. The second-order valence-corrected chi connectivity index (χ2v) is 7.38. The lowest BCUT2D eigenvalue weighted by Gasteiger charge is -2.53. The maximum Gasteiger partial charge on any atom is 0.335 e. The summed E-state index contributed by atoms with van der Waals surface area (Å²) in [5.74, 6) is -0.868. The molecule has 158 valence electrons. The van der Waals surface area contributed by atoms with Crippen LogP contribution in [0.3, 0.4) is 0 Å². The van der Waals surface area contributed by atoms with Crippen molar-refractivity contribution in [1.82, 2.24) is 10.2 Å². The van der Waals surface area contributed by atoms with Gasteiger partial charge >= 0.3 is 12.0 Å². The number of ether oxygens (including phenoxy) is 1. The third-order valence-corrected chi connectivity index (χ3v) is 5.53. The molecule has 0 bridgehead atoms.